The van der Waals surface area contributed by atoms with Crippen LogP contribution < -0.4 is 9.62 Å². The number of amides is 2. The zero-order valence-electron chi connectivity index (χ0n) is 26.1. The van der Waals surface area contributed by atoms with E-state index in [1.54, 1.807) is 54.6 Å². The average Bonchev–Trinajstić information content (AvgIpc) is 3.02. The number of sulfonamides is 1. The molecule has 0 saturated carbocycles. The van der Waals surface area contributed by atoms with Gasteiger partial charge in [0.15, 0.2) is 0 Å². The van der Waals surface area contributed by atoms with Gasteiger partial charge in [0.1, 0.15) is 12.6 Å². The van der Waals surface area contributed by atoms with Crippen molar-refractivity contribution in [3.63, 3.8) is 0 Å². The van der Waals surface area contributed by atoms with Crippen molar-refractivity contribution in [3.05, 3.63) is 130 Å². The average molecular weight is 646 g/mol. The highest BCUT2D eigenvalue weighted by atomic mass is 35.5. The number of halogens is 1. The van der Waals surface area contributed by atoms with Gasteiger partial charge in [-0.1, -0.05) is 97.7 Å². The smallest absolute Gasteiger partial charge is 0.264 e. The summed E-state index contributed by atoms with van der Waals surface area (Å²) in [6.07, 6.45) is 0.243. The second-order valence-electron chi connectivity index (χ2n) is 11.3. The number of hydrogen-bond acceptors (Lipinski definition) is 4. The molecule has 4 aromatic rings. The lowest BCUT2D eigenvalue weighted by atomic mass is 10.0. The highest BCUT2D eigenvalue weighted by molar-refractivity contribution is 7.92. The van der Waals surface area contributed by atoms with E-state index in [-0.39, 0.29) is 29.7 Å². The normalized spacial score (nSPS) is 12.0. The van der Waals surface area contributed by atoms with Gasteiger partial charge in [-0.3, -0.25) is 13.9 Å². The highest BCUT2D eigenvalue weighted by Gasteiger charge is 2.34. The summed E-state index contributed by atoms with van der Waals surface area (Å²) in [6.45, 7) is 7.73. The van der Waals surface area contributed by atoms with Gasteiger partial charge in [0, 0.05) is 24.5 Å². The van der Waals surface area contributed by atoms with Crippen LogP contribution in [-0.2, 0) is 32.6 Å². The molecule has 0 saturated heterocycles. The van der Waals surface area contributed by atoms with E-state index in [0.717, 1.165) is 21.0 Å². The van der Waals surface area contributed by atoms with Crippen molar-refractivity contribution in [2.24, 2.45) is 0 Å². The summed E-state index contributed by atoms with van der Waals surface area (Å²) in [6, 6.07) is 29.4. The maximum absolute atomic E-state index is 14.5. The van der Waals surface area contributed by atoms with Crippen LogP contribution in [0.4, 0.5) is 5.69 Å². The van der Waals surface area contributed by atoms with Crippen molar-refractivity contribution in [3.8, 4) is 0 Å². The minimum Gasteiger partial charge on any atom is -0.355 e. The highest BCUT2D eigenvalue weighted by Crippen LogP contribution is 2.27. The molecule has 0 heterocycles. The summed E-state index contributed by atoms with van der Waals surface area (Å²) in [7, 11) is -4.16. The van der Waals surface area contributed by atoms with E-state index in [9.17, 15) is 18.0 Å². The van der Waals surface area contributed by atoms with Crippen LogP contribution >= 0.6 is 11.6 Å². The third kappa shape index (κ3) is 8.74. The van der Waals surface area contributed by atoms with Crippen LogP contribution in [0.5, 0.6) is 0 Å². The van der Waals surface area contributed by atoms with E-state index >= 15 is 0 Å². The molecule has 7 nitrogen and oxygen atoms in total. The number of aryl methyl sites for hydroxylation is 1. The Morgan fingerprint density at radius 3 is 2.09 bits per heavy atom. The van der Waals surface area contributed by atoms with Crippen LogP contribution in [0.15, 0.2) is 108 Å². The molecule has 0 aromatic heterocycles. The van der Waals surface area contributed by atoms with Gasteiger partial charge in [-0.15, -0.1) is 0 Å². The Labute approximate surface area is 271 Å². The third-order valence-corrected chi connectivity index (χ3v) is 9.62. The molecule has 2 amide bonds. The van der Waals surface area contributed by atoms with Gasteiger partial charge in [0.25, 0.3) is 10.0 Å². The van der Waals surface area contributed by atoms with Crippen LogP contribution in [0.2, 0.25) is 5.02 Å². The van der Waals surface area contributed by atoms with E-state index < -0.39 is 28.5 Å². The summed E-state index contributed by atoms with van der Waals surface area (Å²) in [4.78, 5) is 29.6. The summed E-state index contributed by atoms with van der Waals surface area (Å²) in [5.41, 5.74) is 3.89. The number of hydrogen-bond donors (Lipinski definition) is 1. The van der Waals surface area contributed by atoms with Crippen molar-refractivity contribution in [1.82, 2.24) is 10.2 Å². The van der Waals surface area contributed by atoms with Crippen molar-refractivity contribution < 1.29 is 18.0 Å². The Kier molecular flexibility index (Phi) is 11.4. The zero-order chi connectivity index (χ0) is 32.6. The molecule has 45 heavy (non-hydrogen) atoms. The molecule has 0 bridgehead atoms. The van der Waals surface area contributed by atoms with Crippen LogP contribution in [0.1, 0.15) is 48.9 Å². The molecule has 1 atom stereocenters. The summed E-state index contributed by atoms with van der Waals surface area (Å²) in [5, 5.41) is 3.36. The molecule has 0 unspecified atom stereocenters. The van der Waals surface area contributed by atoms with Crippen LogP contribution in [0.25, 0.3) is 0 Å². The minimum atomic E-state index is -4.16. The molecule has 4 rings (SSSR count). The fraction of sp³-hybridized carbons (Fsp3) is 0.278. The first-order valence-corrected chi connectivity index (χ1v) is 16.9. The van der Waals surface area contributed by atoms with Crippen LogP contribution in [-0.4, -0.2) is 44.3 Å². The topological polar surface area (TPSA) is 86.8 Å². The van der Waals surface area contributed by atoms with Crippen molar-refractivity contribution in [2.45, 2.75) is 57.5 Å². The van der Waals surface area contributed by atoms with Gasteiger partial charge in [-0.05, 0) is 72.9 Å². The van der Waals surface area contributed by atoms with Crippen LogP contribution in [0, 0.1) is 6.92 Å². The zero-order valence-corrected chi connectivity index (χ0v) is 27.7. The molecular weight excluding hydrogens is 606 g/mol. The van der Waals surface area contributed by atoms with Gasteiger partial charge in [0.05, 0.1) is 10.6 Å². The fourth-order valence-corrected chi connectivity index (χ4v) is 6.70. The molecular formula is C36H40ClN3O4S. The molecule has 236 valence electrons. The Morgan fingerprint density at radius 1 is 0.844 bits per heavy atom. The lowest BCUT2D eigenvalue weighted by Crippen LogP contribution is -2.53. The molecule has 4 aromatic carbocycles. The fourth-order valence-electron chi connectivity index (χ4n) is 5.07. The number of anilines is 1. The van der Waals surface area contributed by atoms with Gasteiger partial charge < -0.3 is 10.2 Å². The monoisotopic (exact) mass is 645 g/mol. The first kappa shape index (κ1) is 33.7. The summed E-state index contributed by atoms with van der Waals surface area (Å²) >= 11 is 6.30. The van der Waals surface area contributed by atoms with Crippen molar-refractivity contribution in [1.29, 1.82) is 0 Å². The number of carbonyl (C=O) groups excluding carboxylic acids is 2. The largest absolute Gasteiger partial charge is 0.355 e. The van der Waals surface area contributed by atoms with E-state index in [0.29, 0.717) is 22.8 Å². The molecule has 1 N–H and O–H groups in total. The minimum absolute atomic E-state index is 0.0543. The van der Waals surface area contributed by atoms with Gasteiger partial charge in [-0.25, -0.2) is 8.42 Å². The van der Waals surface area contributed by atoms with E-state index in [1.165, 1.54) is 4.90 Å². The standard InChI is InChI=1S/C36H40ClN3O4S/c1-5-38-36(42)34(23-28-10-7-6-8-11-28)39(24-29-12-9-13-31(37)22-29)35(41)25-40(32-18-16-30(17-19-32)26(2)3)45(43,44)33-20-14-27(4)15-21-33/h6-22,26,34H,5,23-25H2,1-4H3,(H,38,42)/t34-/m1/s1. The van der Waals surface area contributed by atoms with Crippen molar-refractivity contribution in [2.75, 3.05) is 17.4 Å². The molecule has 0 aliphatic rings. The predicted molar refractivity (Wildman–Crippen MR) is 181 cm³/mol. The second-order valence-corrected chi connectivity index (χ2v) is 13.6. The third-order valence-electron chi connectivity index (χ3n) is 7.60. The number of benzene rings is 4. The first-order chi connectivity index (χ1) is 21.5. The van der Waals surface area contributed by atoms with Crippen molar-refractivity contribution >= 4 is 39.1 Å². The lowest BCUT2D eigenvalue weighted by molar-refractivity contribution is -0.140. The second kappa shape index (κ2) is 15.2. The number of nitrogens with one attached hydrogen (secondary N) is 1. The lowest BCUT2D eigenvalue weighted by Gasteiger charge is -2.34. The molecule has 0 spiro atoms. The van der Waals surface area contributed by atoms with E-state index in [1.807, 2.05) is 62.4 Å². The summed E-state index contributed by atoms with van der Waals surface area (Å²) in [5.74, 6) is -0.608. The van der Waals surface area contributed by atoms with Gasteiger partial charge in [0.2, 0.25) is 11.8 Å². The molecule has 0 aliphatic carbocycles. The first-order valence-electron chi connectivity index (χ1n) is 15.0. The predicted octanol–water partition coefficient (Wildman–Crippen LogP) is 6.74. The number of likely N-dealkylation sites (N-methyl/N-ethyl adjacent to an activating group) is 1. The number of nitrogens with zero attached hydrogens (tertiary/aromatic N) is 2. The van der Waals surface area contributed by atoms with Gasteiger partial charge >= 0.3 is 0 Å². The Balaban J connectivity index is 1.80. The molecule has 9 heteroatoms. The maximum atomic E-state index is 14.5. The molecule has 0 aliphatic heterocycles. The van der Waals surface area contributed by atoms with Gasteiger partial charge in [-0.2, -0.15) is 0 Å². The quantitative estimate of drug-likeness (QED) is 0.174. The van der Waals surface area contributed by atoms with Crippen LogP contribution in [0.3, 0.4) is 0 Å². The Bertz CT molecular complexity index is 1690. The molecule has 0 radical (unpaired) electrons. The molecule has 0 fully saturated rings. The van der Waals surface area contributed by atoms with E-state index in [4.69, 9.17) is 11.6 Å². The number of carbonyl (C=O) groups is 2. The summed E-state index contributed by atoms with van der Waals surface area (Å²) < 4.78 is 29.5. The Hall–Kier alpha value is -4.14. The SMILES string of the molecule is CCNC(=O)[C@@H](Cc1ccccc1)N(Cc1cccc(Cl)c1)C(=O)CN(c1ccc(C(C)C)cc1)S(=O)(=O)c1ccc(C)cc1. The van der Waals surface area contributed by atoms with E-state index in [2.05, 4.69) is 19.2 Å². The maximum Gasteiger partial charge on any atom is 0.264 e. The Morgan fingerprint density at radius 2 is 1.49 bits per heavy atom. The number of rotatable bonds is 13.